The lowest BCUT2D eigenvalue weighted by atomic mass is 10.1. The summed E-state index contributed by atoms with van der Waals surface area (Å²) in [6.07, 6.45) is 0.830. The maximum absolute atomic E-state index is 11.1. The fraction of sp³-hybridized carbons (Fsp3) is 0.273. The zero-order valence-electron chi connectivity index (χ0n) is 7.99. The highest BCUT2D eigenvalue weighted by Crippen LogP contribution is 2.23. The number of rotatable bonds is 1. The van der Waals surface area contributed by atoms with Crippen LogP contribution in [-0.4, -0.2) is 17.1 Å². The van der Waals surface area contributed by atoms with Crippen LogP contribution in [0, 0.1) is 0 Å². The molecule has 0 unspecified atom stereocenters. The monoisotopic (exact) mass is 189 g/mol. The second-order valence-electron chi connectivity index (χ2n) is 3.52. The molecule has 0 aliphatic carbocycles. The Morgan fingerprint density at radius 1 is 1.36 bits per heavy atom. The number of carbonyl (C=O) groups is 2. The molecule has 3 heteroatoms. The first-order valence-corrected chi connectivity index (χ1v) is 4.53. The lowest BCUT2D eigenvalue weighted by molar-refractivity contribution is -0.129. The largest absolute Gasteiger partial charge is 0.334 e. The third kappa shape index (κ3) is 1.41. The molecule has 0 atom stereocenters. The predicted molar refractivity (Wildman–Crippen MR) is 51.8 cm³/mol. The number of fused-ring (bicyclic) bond motifs is 1. The maximum Gasteiger partial charge on any atom is 0.220 e. The molecule has 0 aromatic heterocycles. The van der Waals surface area contributed by atoms with Gasteiger partial charge >= 0.3 is 0 Å². The smallest absolute Gasteiger partial charge is 0.220 e. The van der Waals surface area contributed by atoms with Gasteiger partial charge in [-0.25, -0.2) is 0 Å². The van der Waals surface area contributed by atoms with Gasteiger partial charge in [0.2, 0.25) is 5.91 Å². The summed E-state index contributed by atoms with van der Waals surface area (Å²) in [5, 5.41) is 0. The van der Waals surface area contributed by atoms with Crippen LogP contribution in [-0.2, 0) is 17.9 Å². The summed E-state index contributed by atoms with van der Waals surface area (Å²) in [7, 11) is 0. The number of amides is 1. The average Bonchev–Trinajstić information content (AvgIpc) is 2.59. The molecule has 0 saturated carbocycles. The molecule has 0 bridgehead atoms. The van der Waals surface area contributed by atoms with E-state index in [2.05, 4.69) is 0 Å². The molecular formula is C11H11NO2. The van der Waals surface area contributed by atoms with E-state index in [4.69, 9.17) is 0 Å². The number of benzene rings is 1. The fourth-order valence-electron chi connectivity index (χ4n) is 1.71. The zero-order valence-corrected chi connectivity index (χ0v) is 7.99. The van der Waals surface area contributed by atoms with E-state index < -0.39 is 0 Å². The third-order valence-electron chi connectivity index (χ3n) is 2.53. The number of hydrogen-bond acceptors (Lipinski definition) is 2. The molecule has 0 radical (unpaired) electrons. The van der Waals surface area contributed by atoms with Crippen molar-refractivity contribution in [1.29, 1.82) is 0 Å². The van der Waals surface area contributed by atoms with E-state index in [1.165, 1.54) is 0 Å². The van der Waals surface area contributed by atoms with Crippen LogP contribution < -0.4 is 0 Å². The molecule has 0 saturated heterocycles. The zero-order chi connectivity index (χ0) is 10.1. The first-order chi connectivity index (χ1) is 6.70. The summed E-state index contributed by atoms with van der Waals surface area (Å²) in [5.41, 5.74) is 2.91. The lowest BCUT2D eigenvalue weighted by Gasteiger charge is -2.10. The van der Waals surface area contributed by atoms with E-state index in [0.717, 1.165) is 17.4 Å². The second kappa shape index (κ2) is 3.25. The van der Waals surface area contributed by atoms with Gasteiger partial charge in [0.1, 0.15) is 6.29 Å². The summed E-state index contributed by atoms with van der Waals surface area (Å²) in [6.45, 7) is 2.86. The van der Waals surface area contributed by atoms with Gasteiger partial charge in [-0.05, 0) is 17.2 Å². The van der Waals surface area contributed by atoms with Gasteiger partial charge in [-0.2, -0.15) is 0 Å². The molecule has 1 amide bonds. The van der Waals surface area contributed by atoms with E-state index in [1.807, 2.05) is 12.1 Å². The molecule has 0 spiro atoms. The Kier molecular flexibility index (Phi) is 2.08. The molecule has 72 valence electrons. The first-order valence-electron chi connectivity index (χ1n) is 4.53. The number of nitrogens with zero attached hydrogens (tertiary/aromatic N) is 1. The van der Waals surface area contributed by atoms with Gasteiger partial charge < -0.3 is 4.90 Å². The van der Waals surface area contributed by atoms with Gasteiger partial charge in [0.15, 0.2) is 0 Å². The number of hydrogen-bond donors (Lipinski definition) is 0. The summed E-state index contributed by atoms with van der Waals surface area (Å²) in [5.74, 6) is 0.0776. The Morgan fingerprint density at radius 3 is 2.71 bits per heavy atom. The minimum atomic E-state index is 0.0776. The summed E-state index contributed by atoms with van der Waals surface area (Å²) < 4.78 is 0. The Bertz CT molecular complexity index is 398. The van der Waals surface area contributed by atoms with Gasteiger partial charge in [0, 0.05) is 25.6 Å². The van der Waals surface area contributed by atoms with Gasteiger partial charge in [-0.1, -0.05) is 12.1 Å². The van der Waals surface area contributed by atoms with Crippen LogP contribution >= 0.6 is 0 Å². The summed E-state index contributed by atoms with van der Waals surface area (Å²) in [6, 6.07) is 5.56. The molecule has 1 aromatic carbocycles. The van der Waals surface area contributed by atoms with Crippen molar-refractivity contribution in [3.05, 3.63) is 34.9 Å². The van der Waals surface area contributed by atoms with Crippen molar-refractivity contribution in [3.8, 4) is 0 Å². The van der Waals surface area contributed by atoms with Gasteiger partial charge in [-0.3, -0.25) is 9.59 Å². The molecule has 1 aliphatic heterocycles. The van der Waals surface area contributed by atoms with Crippen molar-refractivity contribution >= 4 is 12.2 Å². The van der Waals surface area contributed by atoms with Crippen LogP contribution in [0.1, 0.15) is 28.4 Å². The van der Waals surface area contributed by atoms with Crippen molar-refractivity contribution in [2.75, 3.05) is 0 Å². The highest BCUT2D eigenvalue weighted by atomic mass is 16.2. The Balaban J connectivity index is 2.31. The van der Waals surface area contributed by atoms with E-state index in [-0.39, 0.29) is 5.91 Å². The molecule has 1 aliphatic rings. The standard InChI is InChI=1S/C11H11NO2/c1-8(14)12-5-10-3-2-9(7-13)4-11(10)6-12/h2-4,7H,5-6H2,1H3. The highest BCUT2D eigenvalue weighted by molar-refractivity contribution is 5.77. The van der Waals surface area contributed by atoms with Crippen molar-refractivity contribution < 1.29 is 9.59 Å². The third-order valence-corrected chi connectivity index (χ3v) is 2.53. The summed E-state index contributed by atoms with van der Waals surface area (Å²) in [4.78, 5) is 23.4. The number of carbonyl (C=O) groups excluding carboxylic acids is 2. The van der Waals surface area contributed by atoms with Crippen LogP contribution in [0.5, 0.6) is 0 Å². The SMILES string of the molecule is CC(=O)N1Cc2ccc(C=O)cc2C1. The van der Waals surface area contributed by atoms with Crippen LogP contribution in [0.2, 0.25) is 0 Å². The van der Waals surface area contributed by atoms with Crippen molar-refractivity contribution in [2.45, 2.75) is 20.0 Å². The van der Waals surface area contributed by atoms with Crippen LogP contribution in [0.3, 0.4) is 0 Å². The fourth-order valence-corrected chi connectivity index (χ4v) is 1.71. The molecule has 14 heavy (non-hydrogen) atoms. The lowest BCUT2D eigenvalue weighted by Crippen LogP contribution is -2.21. The van der Waals surface area contributed by atoms with E-state index in [0.29, 0.717) is 18.7 Å². The van der Waals surface area contributed by atoms with E-state index in [1.54, 1.807) is 17.9 Å². The van der Waals surface area contributed by atoms with E-state index >= 15 is 0 Å². The maximum atomic E-state index is 11.1. The number of aldehydes is 1. The molecule has 2 rings (SSSR count). The first kappa shape index (κ1) is 8.94. The van der Waals surface area contributed by atoms with Crippen molar-refractivity contribution in [2.24, 2.45) is 0 Å². The molecular weight excluding hydrogens is 178 g/mol. The molecule has 3 nitrogen and oxygen atoms in total. The predicted octanol–water partition coefficient (Wildman–Crippen LogP) is 1.36. The molecule has 1 aromatic rings. The van der Waals surface area contributed by atoms with Crippen molar-refractivity contribution in [1.82, 2.24) is 4.90 Å². The molecule has 0 N–H and O–H groups in total. The van der Waals surface area contributed by atoms with Crippen LogP contribution in [0.25, 0.3) is 0 Å². The Labute approximate surface area is 82.3 Å². The second-order valence-corrected chi connectivity index (χ2v) is 3.52. The van der Waals surface area contributed by atoms with Crippen molar-refractivity contribution in [3.63, 3.8) is 0 Å². The highest BCUT2D eigenvalue weighted by Gasteiger charge is 2.20. The van der Waals surface area contributed by atoms with Crippen LogP contribution in [0.4, 0.5) is 0 Å². The summed E-state index contributed by atoms with van der Waals surface area (Å²) >= 11 is 0. The van der Waals surface area contributed by atoms with Gasteiger partial charge in [-0.15, -0.1) is 0 Å². The average molecular weight is 189 g/mol. The topological polar surface area (TPSA) is 37.4 Å². The minimum absolute atomic E-state index is 0.0776. The molecule has 0 fully saturated rings. The molecule has 1 heterocycles. The minimum Gasteiger partial charge on any atom is -0.334 e. The quantitative estimate of drug-likeness (QED) is 0.625. The van der Waals surface area contributed by atoms with Crippen LogP contribution in [0.15, 0.2) is 18.2 Å². The normalized spacial score (nSPS) is 13.9. The van der Waals surface area contributed by atoms with Gasteiger partial charge in [0.05, 0.1) is 0 Å². The van der Waals surface area contributed by atoms with Gasteiger partial charge in [0.25, 0.3) is 0 Å². The van der Waals surface area contributed by atoms with E-state index in [9.17, 15) is 9.59 Å². The Hall–Kier alpha value is -1.64. The Morgan fingerprint density at radius 2 is 2.07 bits per heavy atom.